The van der Waals surface area contributed by atoms with E-state index in [-0.39, 0.29) is 11.6 Å². The molecule has 0 fully saturated rings. The number of benzene rings is 2. The molecule has 130 valence electrons. The summed E-state index contributed by atoms with van der Waals surface area (Å²) in [6.07, 6.45) is 1.84. The number of halogens is 2. The van der Waals surface area contributed by atoms with Crippen molar-refractivity contribution in [2.24, 2.45) is 0 Å². The van der Waals surface area contributed by atoms with Crippen molar-refractivity contribution < 1.29 is 8.78 Å². The summed E-state index contributed by atoms with van der Waals surface area (Å²) in [5.41, 5.74) is 1.84. The van der Waals surface area contributed by atoms with Crippen molar-refractivity contribution in [1.29, 1.82) is 0 Å². The summed E-state index contributed by atoms with van der Waals surface area (Å²) in [6, 6.07) is 12.0. The average molecular weight is 370 g/mol. The molecule has 0 atom stereocenters. The minimum Gasteiger partial charge on any atom is -0.338 e. The van der Waals surface area contributed by atoms with E-state index in [4.69, 9.17) is 0 Å². The zero-order valence-corrected chi connectivity index (χ0v) is 14.3. The Morgan fingerprint density at radius 3 is 2.50 bits per heavy atom. The molecular formula is C17H12F2N6S. The highest BCUT2D eigenvalue weighted by molar-refractivity contribution is 7.98. The van der Waals surface area contributed by atoms with Gasteiger partial charge in [-0.25, -0.2) is 18.7 Å². The topological polar surface area (TPSA) is 68.5 Å². The van der Waals surface area contributed by atoms with E-state index in [9.17, 15) is 8.78 Å². The molecule has 0 aliphatic heterocycles. The van der Waals surface area contributed by atoms with Crippen molar-refractivity contribution in [3.63, 3.8) is 0 Å². The lowest BCUT2D eigenvalue weighted by Crippen LogP contribution is -2.02. The van der Waals surface area contributed by atoms with E-state index in [1.807, 2.05) is 6.26 Å². The van der Waals surface area contributed by atoms with Crippen LogP contribution in [0.5, 0.6) is 0 Å². The molecule has 1 N–H and O–H groups in total. The van der Waals surface area contributed by atoms with Crippen molar-refractivity contribution in [3.8, 4) is 5.69 Å². The number of aromatic nitrogens is 5. The second-order valence-electron chi connectivity index (χ2n) is 5.35. The van der Waals surface area contributed by atoms with Crippen LogP contribution in [0, 0.1) is 11.6 Å². The van der Waals surface area contributed by atoms with Gasteiger partial charge >= 0.3 is 0 Å². The van der Waals surface area contributed by atoms with Gasteiger partial charge in [-0.05, 0) is 42.7 Å². The molecule has 0 aliphatic rings. The molecule has 2 aromatic carbocycles. The molecule has 0 bridgehead atoms. The summed E-state index contributed by atoms with van der Waals surface area (Å²) in [5, 5.41) is 11.7. The Balaban J connectivity index is 1.86. The van der Waals surface area contributed by atoms with Gasteiger partial charge in [0, 0.05) is 5.69 Å². The summed E-state index contributed by atoms with van der Waals surface area (Å²) < 4.78 is 28.5. The van der Waals surface area contributed by atoms with Gasteiger partial charge in [0.2, 0.25) is 0 Å². The maximum atomic E-state index is 13.6. The Bertz CT molecular complexity index is 1100. The molecule has 0 radical (unpaired) electrons. The standard InChI is InChI=1S/C17H12F2N6S/c1-26-17-21-15(20-12-6-2-4-10(18)8-12)14-16(22-17)25(24-23-14)13-7-3-5-11(19)9-13/h2-9H,1H3,(H,20,21,22). The summed E-state index contributed by atoms with van der Waals surface area (Å²) >= 11 is 1.34. The van der Waals surface area contributed by atoms with Crippen LogP contribution in [-0.4, -0.2) is 31.2 Å². The number of thioether (sulfide) groups is 1. The first-order valence-corrected chi connectivity index (χ1v) is 8.82. The Kier molecular flexibility index (Phi) is 4.21. The van der Waals surface area contributed by atoms with E-state index in [1.54, 1.807) is 24.3 Å². The second kappa shape index (κ2) is 6.68. The van der Waals surface area contributed by atoms with Crippen LogP contribution in [0.25, 0.3) is 16.9 Å². The zero-order chi connectivity index (χ0) is 18.1. The Labute approximate surface area is 151 Å². The molecule has 9 heteroatoms. The van der Waals surface area contributed by atoms with Crippen LogP contribution in [-0.2, 0) is 0 Å². The minimum atomic E-state index is -0.386. The van der Waals surface area contributed by atoms with Gasteiger partial charge in [-0.3, -0.25) is 0 Å². The Hall–Kier alpha value is -3.07. The molecule has 2 aromatic heterocycles. The first-order chi connectivity index (χ1) is 12.6. The van der Waals surface area contributed by atoms with Crippen molar-refractivity contribution in [1.82, 2.24) is 25.0 Å². The van der Waals surface area contributed by atoms with Crippen LogP contribution in [0.4, 0.5) is 20.3 Å². The van der Waals surface area contributed by atoms with Gasteiger partial charge in [0.1, 0.15) is 11.6 Å². The smallest absolute Gasteiger partial charge is 0.191 e. The predicted octanol–water partition coefficient (Wildman–Crippen LogP) is 3.95. The first-order valence-electron chi connectivity index (χ1n) is 7.60. The fourth-order valence-electron chi connectivity index (χ4n) is 2.46. The number of anilines is 2. The summed E-state index contributed by atoms with van der Waals surface area (Å²) in [6.45, 7) is 0. The highest BCUT2D eigenvalue weighted by atomic mass is 32.2. The third-order valence-electron chi connectivity index (χ3n) is 3.60. The number of hydrogen-bond donors (Lipinski definition) is 1. The van der Waals surface area contributed by atoms with E-state index in [0.717, 1.165) is 0 Å². The van der Waals surface area contributed by atoms with E-state index < -0.39 is 0 Å². The second-order valence-corrected chi connectivity index (χ2v) is 6.12. The van der Waals surface area contributed by atoms with Gasteiger partial charge in [-0.15, -0.1) is 5.10 Å². The van der Waals surface area contributed by atoms with Crippen LogP contribution in [0.3, 0.4) is 0 Å². The molecule has 0 saturated heterocycles. The highest BCUT2D eigenvalue weighted by Crippen LogP contribution is 2.26. The third-order valence-corrected chi connectivity index (χ3v) is 4.15. The molecule has 6 nitrogen and oxygen atoms in total. The van der Waals surface area contributed by atoms with Crippen LogP contribution in [0.2, 0.25) is 0 Å². The number of hydrogen-bond acceptors (Lipinski definition) is 6. The van der Waals surface area contributed by atoms with Gasteiger partial charge < -0.3 is 5.32 Å². The van der Waals surface area contributed by atoms with Crippen LogP contribution in [0.1, 0.15) is 0 Å². The monoisotopic (exact) mass is 370 g/mol. The van der Waals surface area contributed by atoms with Gasteiger partial charge in [-0.2, -0.15) is 4.68 Å². The van der Waals surface area contributed by atoms with Crippen LogP contribution in [0.15, 0.2) is 53.7 Å². The summed E-state index contributed by atoms with van der Waals surface area (Å²) in [5.74, 6) is -0.357. The highest BCUT2D eigenvalue weighted by Gasteiger charge is 2.16. The number of fused-ring (bicyclic) bond motifs is 1. The van der Waals surface area contributed by atoms with E-state index in [1.165, 1.54) is 40.7 Å². The Morgan fingerprint density at radius 1 is 1.00 bits per heavy atom. The van der Waals surface area contributed by atoms with Gasteiger partial charge in [0.05, 0.1) is 5.69 Å². The van der Waals surface area contributed by atoms with Crippen LogP contribution < -0.4 is 5.32 Å². The quantitative estimate of drug-likeness (QED) is 0.433. The fourth-order valence-corrected chi connectivity index (χ4v) is 2.82. The molecule has 26 heavy (non-hydrogen) atoms. The number of rotatable bonds is 4. The molecule has 2 heterocycles. The van der Waals surface area contributed by atoms with Gasteiger partial charge in [0.15, 0.2) is 22.1 Å². The van der Waals surface area contributed by atoms with Crippen molar-refractivity contribution >= 4 is 34.4 Å². The molecular weight excluding hydrogens is 358 g/mol. The predicted molar refractivity (Wildman–Crippen MR) is 95.9 cm³/mol. The molecule has 0 spiro atoms. The first kappa shape index (κ1) is 16.4. The van der Waals surface area contributed by atoms with Crippen LogP contribution >= 0.6 is 11.8 Å². The van der Waals surface area contributed by atoms with E-state index in [0.29, 0.717) is 33.5 Å². The lowest BCUT2D eigenvalue weighted by atomic mass is 10.3. The normalized spacial score (nSPS) is 11.0. The average Bonchev–Trinajstić information content (AvgIpc) is 3.06. The fraction of sp³-hybridized carbons (Fsp3) is 0.0588. The molecule has 0 unspecified atom stereocenters. The maximum Gasteiger partial charge on any atom is 0.191 e. The van der Waals surface area contributed by atoms with Crippen molar-refractivity contribution in [2.75, 3.05) is 11.6 Å². The lowest BCUT2D eigenvalue weighted by Gasteiger charge is -2.08. The molecule has 4 aromatic rings. The van der Waals surface area contributed by atoms with E-state index >= 15 is 0 Å². The molecule has 0 saturated carbocycles. The largest absolute Gasteiger partial charge is 0.338 e. The molecule has 0 amide bonds. The van der Waals surface area contributed by atoms with Crippen molar-refractivity contribution in [3.05, 3.63) is 60.2 Å². The summed E-state index contributed by atoms with van der Waals surface area (Å²) in [4.78, 5) is 8.83. The minimum absolute atomic E-state index is 0.367. The third kappa shape index (κ3) is 3.08. The zero-order valence-electron chi connectivity index (χ0n) is 13.5. The van der Waals surface area contributed by atoms with Gasteiger partial charge in [-0.1, -0.05) is 29.1 Å². The maximum absolute atomic E-state index is 13.6. The number of nitrogens with zero attached hydrogens (tertiary/aromatic N) is 5. The summed E-state index contributed by atoms with van der Waals surface area (Å²) in [7, 11) is 0. The number of nitrogens with one attached hydrogen (secondary N) is 1. The molecule has 4 rings (SSSR count). The molecule has 0 aliphatic carbocycles. The van der Waals surface area contributed by atoms with Gasteiger partial charge in [0.25, 0.3) is 0 Å². The lowest BCUT2D eigenvalue weighted by molar-refractivity contribution is 0.625. The Morgan fingerprint density at radius 2 is 1.77 bits per heavy atom. The van der Waals surface area contributed by atoms with E-state index in [2.05, 4.69) is 25.6 Å². The van der Waals surface area contributed by atoms with Crippen molar-refractivity contribution in [2.45, 2.75) is 5.16 Å². The SMILES string of the molecule is CSc1nc(Nc2cccc(F)c2)c2nnn(-c3cccc(F)c3)c2n1.